The van der Waals surface area contributed by atoms with Crippen molar-refractivity contribution in [2.24, 2.45) is 11.1 Å². The number of carbonyl (C=O) groups excluding carboxylic acids is 1. The highest BCUT2D eigenvalue weighted by molar-refractivity contribution is 5.94. The lowest BCUT2D eigenvalue weighted by Crippen LogP contribution is -2.33. The molecule has 0 aromatic heterocycles. The summed E-state index contributed by atoms with van der Waals surface area (Å²) >= 11 is 0. The van der Waals surface area contributed by atoms with Crippen LogP contribution < -0.4 is 11.1 Å². The van der Waals surface area contributed by atoms with Crippen molar-refractivity contribution in [3.05, 3.63) is 71.3 Å². The average molecular weight is 347 g/mol. The quantitative estimate of drug-likeness (QED) is 0.752. The van der Waals surface area contributed by atoms with Crippen LogP contribution >= 0.6 is 12.4 Å². The third kappa shape index (κ3) is 3.96. The smallest absolute Gasteiger partial charge is 0.251 e. The predicted molar refractivity (Wildman–Crippen MR) is 97.0 cm³/mol. The van der Waals surface area contributed by atoms with Gasteiger partial charge < -0.3 is 16.2 Å². The van der Waals surface area contributed by atoms with E-state index < -0.39 is 6.10 Å². The second-order valence-electron chi connectivity index (χ2n) is 6.26. The summed E-state index contributed by atoms with van der Waals surface area (Å²) in [5.74, 6) is -0.111. The molecule has 0 radical (unpaired) electrons. The van der Waals surface area contributed by atoms with Crippen molar-refractivity contribution >= 4 is 18.3 Å². The Balaban J connectivity index is 0.00000208. The lowest BCUT2D eigenvalue weighted by atomic mass is 9.92. The molecule has 1 aliphatic rings. The van der Waals surface area contributed by atoms with Crippen molar-refractivity contribution in [3.63, 3.8) is 0 Å². The highest BCUT2D eigenvalue weighted by atomic mass is 35.5. The topological polar surface area (TPSA) is 75.4 Å². The molecule has 24 heavy (non-hydrogen) atoms. The van der Waals surface area contributed by atoms with Crippen LogP contribution in [0.25, 0.3) is 0 Å². The fourth-order valence-electron chi connectivity index (χ4n) is 2.85. The average Bonchev–Trinajstić information content (AvgIpc) is 3.41. The van der Waals surface area contributed by atoms with Gasteiger partial charge >= 0.3 is 0 Å². The molecule has 4 nitrogen and oxygen atoms in total. The van der Waals surface area contributed by atoms with Crippen molar-refractivity contribution < 1.29 is 9.90 Å². The minimum absolute atomic E-state index is 0. The van der Waals surface area contributed by atoms with E-state index in [1.54, 1.807) is 12.1 Å². The maximum Gasteiger partial charge on any atom is 0.251 e. The standard InChI is InChI=1S/C19H22N2O2.ClH/c20-12-14-6-8-16(9-7-14)18(23)21-13-19(10-11-19)17(22)15-4-2-1-3-5-15;/h1-9,17,22H,10-13,20H2,(H,21,23);1H. The lowest BCUT2D eigenvalue weighted by molar-refractivity contribution is 0.0808. The molecule has 1 amide bonds. The molecule has 1 fully saturated rings. The van der Waals surface area contributed by atoms with E-state index in [2.05, 4.69) is 5.32 Å². The third-order valence-corrected chi connectivity index (χ3v) is 4.64. The van der Waals surface area contributed by atoms with Gasteiger partial charge in [0.15, 0.2) is 0 Å². The Morgan fingerprint density at radius 1 is 1.12 bits per heavy atom. The second kappa shape index (κ2) is 7.79. The van der Waals surface area contributed by atoms with Crippen LogP contribution in [-0.4, -0.2) is 17.6 Å². The number of rotatable bonds is 6. The van der Waals surface area contributed by atoms with Crippen LogP contribution in [-0.2, 0) is 6.54 Å². The van der Waals surface area contributed by atoms with Gasteiger partial charge in [-0.1, -0.05) is 42.5 Å². The Bertz CT molecular complexity index is 670. The molecule has 1 saturated carbocycles. The molecule has 0 heterocycles. The van der Waals surface area contributed by atoms with E-state index in [0.29, 0.717) is 18.7 Å². The molecule has 0 bridgehead atoms. The summed E-state index contributed by atoms with van der Waals surface area (Å²) in [5, 5.41) is 13.6. The number of amides is 1. The summed E-state index contributed by atoms with van der Waals surface area (Å²) in [6, 6.07) is 16.9. The van der Waals surface area contributed by atoms with Gasteiger partial charge in [-0.2, -0.15) is 0 Å². The van der Waals surface area contributed by atoms with Crippen molar-refractivity contribution in [3.8, 4) is 0 Å². The number of benzene rings is 2. The maximum absolute atomic E-state index is 12.3. The minimum atomic E-state index is -0.538. The summed E-state index contributed by atoms with van der Waals surface area (Å²) < 4.78 is 0. The normalized spacial score (nSPS) is 15.9. The molecular weight excluding hydrogens is 324 g/mol. The number of halogens is 1. The van der Waals surface area contributed by atoms with Crippen LogP contribution in [0.15, 0.2) is 54.6 Å². The molecule has 5 heteroatoms. The summed E-state index contributed by atoms with van der Waals surface area (Å²) in [5.41, 5.74) is 7.86. The molecule has 2 aromatic rings. The predicted octanol–water partition coefficient (Wildman–Crippen LogP) is 2.81. The molecule has 4 N–H and O–H groups in total. The van der Waals surface area contributed by atoms with Gasteiger partial charge in [0.05, 0.1) is 6.10 Å². The first-order valence-electron chi connectivity index (χ1n) is 7.95. The first-order valence-corrected chi connectivity index (χ1v) is 7.95. The Hall–Kier alpha value is -1.88. The molecule has 0 aliphatic heterocycles. The van der Waals surface area contributed by atoms with E-state index in [9.17, 15) is 9.90 Å². The molecule has 128 valence electrons. The fraction of sp³-hybridized carbons (Fsp3) is 0.316. The Morgan fingerprint density at radius 2 is 1.75 bits per heavy atom. The zero-order chi connectivity index (χ0) is 16.3. The lowest BCUT2D eigenvalue weighted by Gasteiger charge is -2.23. The van der Waals surface area contributed by atoms with Gasteiger partial charge in [0.25, 0.3) is 5.91 Å². The zero-order valence-corrected chi connectivity index (χ0v) is 14.3. The van der Waals surface area contributed by atoms with Crippen molar-refractivity contribution in [2.75, 3.05) is 6.54 Å². The number of nitrogens with one attached hydrogen (secondary N) is 1. The fourth-order valence-corrected chi connectivity index (χ4v) is 2.85. The number of hydrogen-bond acceptors (Lipinski definition) is 3. The highest BCUT2D eigenvalue weighted by Crippen LogP contribution is 2.54. The Morgan fingerprint density at radius 3 is 2.29 bits per heavy atom. The molecule has 3 rings (SSSR count). The molecule has 1 atom stereocenters. The third-order valence-electron chi connectivity index (χ3n) is 4.64. The van der Waals surface area contributed by atoms with E-state index in [1.807, 2.05) is 42.5 Å². The van der Waals surface area contributed by atoms with Gasteiger partial charge in [-0.15, -0.1) is 12.4 Å². The van der Waals surface area contributed by atoms with Crippen LogP contribution in [0.4, 0.5) is 0 Å². The maximum atomic E-state index is 12.3. The number of carbonyl (C=O) groups is 1. The first kappa shape index (κ1) is 18.5. The number of hydrogen-bond donors (Lipinski definition) is 3. The molecule has 2 aromatic carbocycles. The van der Waals surface area contributed by atoms with Gasteiger partial charge in [-0.3, -0.25) is 4.79 Å². The summed E-state index contributed by atoms with van der Waals surface area (Å²) in [6.45, 7) is 0.953. The van der Waals surface area contributed by atoms with Crippen molar-refractivity contribution in [1.29, 1.82) is 0 Å². The van der Waals surface area contributed by atoms with Crippen LogP contribution in [0, 0.1) is 5.41 Å². The monoisotopic (exact) mass is 346 g/mol. The van der Waals surface area contributed by atoms with E-state index in [-0.39, 0.29) is 23.7 Å². The molecule has 1 unspecified atom stereocenters. The van der Waals surface area contributed by atoms with Gasteiger partial charge in [-0.25, -0.2) is 0 Å². The number of nitrogens with two attached hydrogens (primary N) is 1. The van der Waals surface area contributed by atoms with E-state index in [1.165, 1.54) is 0 Å². The van der Waals surface area contributed by atoms with Gasteiger partial charge in [0.1, 0.15) is 0 Å². The molecule has 0 spiro atoms. The van der Waals surface area contributed by atoms with Gasteiger partial charge in [0.2, 0.25) is 0 Å². The van der Waals surface area contributed by atoms with Crippen LogP contribution in [0.1, 0.15) is 40.4 Å². The van der Waals surface area contributed by atoms with E-state index in [4.69, 9.17) is 5.73 Å². The Kier molecular flexibility index (Phi) is 5.99. The molecular formula is C19H23ClN2O2. The Labute approximate surface area is 148 Å². The van der Waals surface area contributed by atoms with Gasteiger partial charge in [0, 0.05) is 24.1 Å². The van der Waals surface area contributed by atoms with Gasteiger partial charge in [-0.05, 0) is 36.1 Å². The van der Waals surface area contributed by atoms with Crippen molar-refractivity contribution in [1.82, 2.24) is 5.32 Å². The van der Waals surface area contributed by atoms with Crippen LogP contribution in [0.2, 0.25) is 0 Å². The molecule has 1 aliphatic carbocycles. The first-order chi connectivity index (χ1) is 11.1. The van der Waals surface area contributed by atoms with Crippen LogP contribution in [0.3, 0.4) is 0 Å². The SMILES string of the molecule is Cl.NCc1ccc(C(=O)NCC2(C(O)c3ccccc3)CC2)cc1. The summed E-state index contributed by atoms with van der Waals surface area (Å²) in [7, 11) is 0. The van der Waals surface area contributed by atoms with E-state index in [0.717, 1.165) is 24.0 Å². The van der Waals surface area contributed by atoms with Crippen molar-refractivity contribution in [2.45, 2.75) is 25.5 Å². The highest BCUT2D eigenvalue weighted by Gasteiger charge is 2.49. The summed E-state index contributed by atoms with van der Waals surface area (Å²) in [6.07, 6.45) is 1.31. The van der Waals surface area contributed by atoms with E-state index >= 15 is 0 Å². The summed E-state index contributed by atoms with van der Waals surface area (Å²) in [4.78, 5) is 12.3. The zero-order valence-electron chi connectivity index (χ0n) is 13.4. The molecule has 0 saturated heterocycles. The number of aliphatic hydroxyl groups excluding tert-OH is 1. The second-order valence-corrected chi connectivity index (χ2v) is 6.26. The van der Waals surface area contributed by atoms with Crippen LogP contribution in [0.5, 0.6) is 0 Å². The minimum Gasteiger partial charge on any atom is -0.388 e. The number of aliphatic hydroxyl groups is 1. The largest absolute Gasteiger partial charge is 0.388 e.